The van der Waals surface area contributed by atoms with Gasteiger partial charge in [0.25, 0.3) is 0 Å². The molecule has 15 heavy (non-hydrogen) atoms. The van der Waals surface area contributed by atoms with Gasteiger partial charge in [0.2, 0.25) is 0 Å². The van der Waals surface area contributed by atoms with Crippen molar-refractivity contribution in [3.8, 4) is 0 Å². The van der Waals surface area contributed by atoms with Gasteiger partial charge in [-0.25, -0.2) is 4.79 Å². The van der Waals surface area contributed by atoms with Gasteiger partial charge in [0, 0.05) is 25.5 Å². The number of rotatable bonds is 1. The number of nitrogens with one attached hydrogen (secondary N) is 1. The smallest absolute Gasteiger partial charge is 0.337 e. The minimum atomic E-state index is -0.942. The van der Waals surface area contributed by atoms with E-state index in [2.05, 4.69) is 10.3 Å². The van der Waals surface area contributed by atoms with Crippen LogP contribution in [0, 0.1) is 0 Å². The molecule has 0 aromatic carbocycles. The van der Waals surface area contributed by atoms with Crippen LogP contribution in [0.4, 0.5) is 0 Å². The van der Waals surface area contributed by atoms with Crippen LogP contribution in [0.15, 0.2) is 24.5 Å². The molecule has 0 atom stereocenters. The van der Waals surface area contributed by atoms with Crippen LogP contribution in [0.3, 0.4) is 0 Å². The maximum atomic E-state index is 10.2. The first-order valence-corrected chi connectivity index (χ1v) is 4.72. The third-order valence-corrected chi connectivity index (χ3v) is 1.75. The van der Waals surface area contributed by atoms with Gasteiger partial charge in [-0.2, -0.15) is 0 Å². The molecule has 2 heterocycles. The summed E-state index contributed by atoms with van der Waals surface area (Å²) in [6.45, 7) is 3.83. The molecule has 5 nitrogen and oxygen atoms in total. The molecule has 0 aliphatic carbocycles. The summed E-state index contributed by atoms with van der Waals surface area (Å²) in [5, 5.41) is 11.5. The third kappa shape index (κ3) is 5.09. The number of carbonyl (C=O) groups is 1. The molecule has 0 amide bonds. The molecule has 0 bridgehead atoms. The summed E-state index contributed by atoms with van der Waals surface area (Å²) >= 11 is 0. The molecule has 1 saturated heterocycles. The van der Waals surface area contributed by atoms with Gasteiger partial charge in [-0.1, -0.05) is 0 Å². The lowest BCUT2D eigenvalue weighted by atomic mass is 10.3. The Balaban J connectivity index is 0.000000162. The molecule has 82 valence electrons. The predicted molar refractivity (Wildman–Crippen MR) is 54.9 cm³/mol. The van der Waals surface area contributed by atoms with Gasteiger partial charge >= 0.3 is 5.97 Å². The summed E-state index contributed by atoms with van der Waals surface area (Å²) in [5.41, 5.74) is 0.220. The highest BCUT2D eigenvalue weighted by Gasteiger charge is 1.97. The van der Waals surface area contributed by atoms with Crippen LogP contribution < -0.4 is 5.32 Å². The number of hydrogen-bond acceptors (Lipinski definition) is 4. The van der Waals surface area contributed by atoms with Gasteiger partial charge in [-0.05, 0) is 12.1 Å². The lowest BCUT2D eigenvalue weighted by Gasteiger charge is -2.10. The Labute approximate surface area is 88.1 Å². The molecular formula is C10H14N2O3. The van der Waals surface area contributed by atoms with Crippen LogP contribution in [0.1, 0.15) is 10.4 Å². The van der Waals surface area contributed by atoms with E-state index in [1.807, 2.05) is 0 Å². The number of ether oxygens (including phenoxy) is 1. The molecule has 0 radical (unpaired) electrons. The number of carboxylic acid groups (broad SMARTS) is 1. The summed E-state index contributed by atoms with van der Waals surface area (Å²) < 4.78 is 5.01. The van der Waals surface area contributed by atoms with Gasteiger partial charge in [-0.3, -0.25) is 4.98 Å². The molecule has 1 fully saturated rings. The van der Waals surface area contributed by atoms with E-state index in [-0.39, 0.29) is 5.56 Å². The second kappa shape index (κ2) is 6.92. The lowest BCUT2D eigenvalue weighted by Crippen LogP contribution is -2.30. The van der Waals surface area contributed by atoms with Crippen LogP contribution in [-0.4, -0.2) is 42.4 Å². The van der Waals surface area contributed by atoms with Crippen molar-refractivity contribution in [3.63, 3.8) is 0 Å². The molecule has 1 aromatic heterocycles. The Morgan fingerprint density at radius 3 is 2.47 bits per heavy atom. The maximum Gasteiger partial charge on any atom is 0.337 e. The highest BCUT2D eigenvalue weighted by atomic mass is 16.5. The number of carboxylic acids is 1. The molecular weight excluding hydrogens is 196 g/mol. The van der Waals surface area contributed by atoms with E-state index in [1.54, 1.807) is 6.07 Å². The fourth-order valence-electron chi connectivity index (χ4n) is 1.01. The maximum absolute atomic E-state index is 10.2. The van der Waals surface area contributed by atoms with E-state index in [9.17, 15) is 4.79 Å². The Morgan fingerprint density at radius 2 is 2.20 bits per heavy atom. The van der Waals surface area contributed by atoms with Gasteiger partial charge in [-0.15, -0.1) is 0 Å². The van der Waals surface area contributed by atoms with Crippen molar-refractivity contribution >= 4 is 5.97 Å². The number of aromatic carboxylic acids is 1. The first-order chi connectivity index (χ1) is 7.30. The molecule has 2 rings (SSSR count). The molecule has 5 heteroatoms. The fraction of sp³-hybridized carbons (Fsp3) is 0.400. The Kier molecular flexibility index (Phi) is 5.35. The minimum Gasteiger partial charge on any atom is -0.478 e. The molecule has 1 aromatic rings. The van der Waals surface area contributed by atoms with E-state index < -0.39 is 5.97 Å². The van der Waals surface area contributed by atoms with Crippen LogP contribution in [0.5, 0.6) is 0 Å². The Hall–Kier alpha value is -1.46. The van der Waals surface area contributed by atoms with E-state index in [0.29, 0.717) is 0 Å². The topological polar surface area (TPSA) is 71.5 Å². The summed E-state index contributed by atoms with van der Waals surface area (Å²) in [7, 11) is 0. The van der Waals surface area contributed by atoms with Crippen LogP contribution in [0.2, 0.25) is 0 Å². The molecule has 1 aliphatic heterocycles. The lowest BCUT2D eigenvalue weighted by molar-refractivity contribution is 0.0696. The van der Waals surface area contributed by atoms with E-state index in [1.165, 1.54) is 18.5 Å². The molecule has 0 spiro atoms. The van der Waals surface area contributed by atoms with Gasteiger partial charge in [0.15, 0.2) is 0 Å². The van der Waals surface area contributed by atoms with E-state index in [0.717, 1.165) is 26.3 Å². The van der Waals surface area contributed by atoms with Crippen molar-refractivity contribution in [1.82, 2.24) is 10.3 Å². The number of hydrogen-bond donors (Lipinski definition) is 2. The van der Waals surface area contributed by atoms with Crippen molar-refractivity contribution in [2.45, 2.75) is 0 Å². The summed E-state index contributed by atoms with van der Waals surface area (Å²) in [5.74, 6) is -0.942. The number of morpholine rings is 1. The average molecular weight is 210 g/mol. The van der Waals surface area contributed by atoms with E-state index >= 15 is 0 Å². The molecule has 0 unspecified atom stereocenters. The molecule has 0 saturated carbocycles. The average Bonchev–Trinajstić information content (AvgIpc) is 2.33. The summed E-state index contributed by atoms with van der Waals surface area (Å²) in [6.07, 6.45) is 2.84. The normalized spacial score (nSPS) is 14.9. The molecule has 1 aliphatic rings. The van der Waals surface area contributed by atoms with E-state index in [4.69, 9.17) is 9.84 Å². The van der Waals surface area contributed by atoms with Crippen molar-refractivity contribution in [2.75, 3.05) is 26.3 Å². The monoisotopic (exact) mass is 210 g/mol. The van der Waals surface area contributed by atoms with Crippen LogP contribution in [-0.2, 0) is 4.74 Å². The zero-order valence-corrected chi connectivity index (χ0v) is 8.35. The Morgan fingerprint density at radius 1 is 1.47 bits per heavy atom. The number of aromatic nitrogens is 1. The van der Waals surface area contributed by atoms with Crippen molar-refractivity contribution in [3.05, 3.63) is 30.1 Å². The van der Waals surface area contributed by atoms with Crippen molar-refractivity contribution in [1.29, 1.82) is 0 Å². The molecule has 2 N–H and O–H groups in total. The van der Waals surface area contributed by atoms with Crippen molar-refractivity contribution < 1.29 is 14.6 Å². The number of nitrogens with zero attached hydrogens (tertiary/aromatic N) is 1. The second-order valence-corrected chi connectivity index (χ2v) is 2.91. The Bertz CT molecular complexity index is 274. The third-order valence-electron chi connectivity index (χ3n) is 1.75. The van der Waals surface area contributed by atoms with Crippen LogP contribution >= 0.6 is 0 Å². The van der Waals surface area contributed by atoms with Gasteiger partial charge in [0.05, 0.1) is 18.8 Å². The quantitative estimate of drug-likeness (QED) is 0.701. The minimum absolute atomic E-state index is 0.220. The highest BCUT2D eigenvalue weighted by molar-refractivity contribution is 5.86. The summed E-state index contributed by atoms with van der Waals surface area (Å²) in [4.78, 5) is 13.8. The zero-order valence-electron chi connectivity index (χ0n) is 8.35. The highest BCUT2D eigenvalue weighted by Crippen LogP contribution is 1.92. The van der Waals surface area contributed by atoms with Crippen molar-refractivity contribution in [2.24, 2.45) is 0 Å². The SMILES string of the molecule is C1COCCN1.O=C(O)c1cccnc1. The van der Waals surface area contributed by atoms with Gasteiger partial charge < -0.3 is 15.2 Å². The first kappa shape index (κ1) is 11.6. The number of pyridine rings is 1. The fourth-order valence-corrected chi connectivity index (χ4v) is 1.01. The second-order valence-electron chi connectivity index (χ2n) is 2.91. The largest absolute Gasteiger partial charge is 0.478 e. The van der Waals surface area contributed by atoms with Gasteiger partial charge in [0.1, 0.15) is 0 Å². The van der Waals surface area contributed by atoms with Crippen LogP contribution in [0.25, 0.3) is 0 Å². The summed E-state index contributed by atoms with van der Waals surface area (Å²) in [6, 6.07) is 3.08. The standard InChI is InChI=1S/C6H5NO2.C4H9NO/c8-6(9)5-2-1-3-7-4-5;1-3-6-4-2-5-1/h1-4H,(H,8,9);5H,1-4H2. The zero-order chi connectivity index (χ0) is 10.9. The predicted octanol–water partition coefficient (Wildman–Crippen LogP) is 0.386. The first-order valence-electron chi connectivity index (χ1n) is 4.72.